The molecule has 0 bridgehead atoms. The van der Waals surface area contributed by atoms with E-state index in [1.807, 2.05) is 5.56 Å². The summed E-state index contributed by atoms with van der Waals surface area (Å²) in [4.78, 5) is 0. The average molecular weight is 338 g/mol. The summed E-state index contributed by atoms with van der Waals surface area (Å²) in [6, 6.07) is 4.90. The maximum atomic E-state index is 4.54. The second kappa shape index (κ2) is 8.28. The monoisotopic (exact) mass is 337 g/mol. The molecule has 0 aromatic heterocycles. The second-order valence-corrected chi connectivity index (χ2v) is 9.15. The Bertz CT molecular complexity index is 552. The fourth-order valence-corrected chi connectivity index (χ4v) is 6.19. The van der Waals surface area contributed by atoms with Gasteiger partial charge in [-0.15, -0.1) is 0 Å². The van der Waals surface area contributed by atoms with Gasteiger partial charge in [0.05, 0.1) is 0 Å². The molecule has 0 heteroatoms. The summed E-state index contributed by atoms with van der Waals surface area (Å²) in [5, 5.41) is 0. The van der Waals surface area contributed by atoms with Crippen LogP contribution in [0.15, 0.2) is 12.1 Å². The van der Waals surface area contributed by atoms with Gasteiger partial charge in [-0.25, -0.2) is 0 Å². The lowest BCUT2D eigenvalue weighted by atomic mass is 9.70. The van der Waals surface area contributed by atoms with E-state index in [1.54, 1.807) is 11.1 Å². The van der Waals surface area contributed by atoms with Gasteiger partial charge in [0.25, 0.3) is 0 Å². The first-order valence-corrected chi connectivity index (χ1v) is 11.3. The Kier molecular flexibility index (Phi) is 5.83. The lowest BCUT2D eigenvalue weighted by Gasteiger charge is -2.35. The quantitative estimate of drug-likeness (QED) is 0.524. The molecule has 3 aliphatic rings. The van der Waals surface area contributed by atoms with Crippen LogP contribution in [0, 0.1) is 6.92 Å². The van der Waals surface area contributed by atoms with Gasteiger partial charge in [-0.05, 0) is 85.5 Å². The molecule has 1 radical (unpaired) electrons. The minimum atomic E-state index is 0.807. The van der Waals surface area contributed by atoms with Gasteiger partial charge in [-0.2, -0.15) is 0 Å². The summed E-state index contributed by atoms with van der Waals surface area (Å²) in [5.74, 6) is 2.49. The highest BCUT2D eigenvalue weighted by Crippen LogP contribution is 2.47. The van der Waals surface area contributed by atoms with Crippen LogP contribution in [0.3, 0.4) is 0 Å². The van der Waals surface area contributed by atoms with Crippen LogP contribution in [0.5, 0.6) is 0 Å². The smallest absolute Gasteiger partial charge is 0.0156 e. The van der Waals surface area contributed by atoms with Crippen molar-refractivity contribution in [2.45, 2.75) is 114 Å². The highest BCUT2D eigenvalue weighted by atomic mass is 14.3. The third-order valence-electron chi connectivity index (χ3n) is 7.48. The molecule has 0 atom stereocenters. The molecule has 3 saturated carbocycles. The van der Waals surface area contributed by atoms with E-state index in [-0.39, 0.29) is 0 Å². The molecule has 3 aliphatic carbocycles. The summed E-state index contributed by atoms with van der Waals surface area (Å²) in [6.45, 7) is 4.54. The summed E-state index contributed by atoms with van der Waals surface area (Å²) >= 11 is 0. The van der Waals surface area contributed by atoms with Crippen molar-refractivity contribution >= 4 is 0 Å². The molecule has 0 nitrogen and oxygen atoms in total. The standard InChI is InChI=1S/C25H37/c1-19-17-18-23(20-11-5-2-6-12-20)25(22-15-9-4-10-16-22)24(19)21-13-7-3-8-14-21/h17-18,20-22H,1-16H2. The van der Waals surface area contributed by atoms with Crippen molar-refractivity contribution in [1.82, 2.24) is 0 Å². The molecule has 4 rings (SSSR count). The van der Waals surface area contributed by atoms with Crippen molar-refractivity contribution in [1.29, 1.82) is 0 Å². The van der Waals surface area contributed by atoms with E-state index in [0.29, 0.717) is 0 Å². The first-order chi connectivity index (χ1) is 12.3. The van der Waals surface area contributed by atoms with Gasteiger partial charge in [0.15, 0.2) is 0 Å². The molecular formula is C25H37. The molecule has 0 saturated heterocycles. The summed E-state index contributed by atoms with van der Waals surface area (Å²) in [6.07, 6.45) is 21.6. The predicted octanol–water partition coefficient (Wildman–Crippen LogP) is 8.01. The fourth-order valence-electron chi connectivity index (χ4n) is 6.19. The van der Waals surface area contributed by atoms with Crippen LogP contribution >= 0.6 is 0 Å². The maximum absolute atomic E-state index is 4.54. The molecular weight excluding hydrogens is 300 g/mol. The lowest BCUT2D eigenvalue weighted by molar-refractivity contribution is 0.403. The van der Waals surface area contributed by atoms with Gasteiger partial charge in [-0.1, -0.05) is 69.9 Å². The zero-order chi connectivity index (χ0) is 17.1. The SMILES string of the molecule is [CH2]c1ccc(C2CCCCC2)c(C2CCCCC2)c1C1CCCCC1. The highest BCUT2D eigenvalue weighted by Gasteiger charge is 2.30. The molecule has 25 heavy (non-hydrogen) atoms. The average Bonchev–Trinajstić information content (AvgIpc) is 2.70. The van der Waals surface area contributed by atoms with Gasteiger partial charge in [0.2, 0.25) is 0 Å². The Morgan fingerprint density at radius 1 is 0.520 bits per heavy atom. The van der Waals surface area contributed by atoms with Crippen LogP contribution in [0.1, 0.15) is 136 Å². The molecule has 1 aromatic carbocycles. The molecule has 1 aromatic rings. The molecule has 0 spiro atoms. The molecule has 0 N–H and O–H groups in total. The van der Waals surface area contributed by atoms with Crippen molar-refractivity contribution < 1.29 is 0 Å². The van der Waals surface area contributed by atoms with Gasteiger partial charge in [0, 0.05) is 0 Å². The minimum Gasteiger partial charge on any atom is -0.0584 e. The summed E-state index contributed by atoms with van der Waals surface area (Å²) in [5.41, 5.74) is 6.69. The number of rotatable bonds is 3. The number of hydrogen-bond acceptors (Lipinski definition) is 0. The van der Waals surface area contributed by atoms with E-state index in [9.17, 15) is 0 Å². The fraction of sp³-hybridized carbons (Fsp3) is 0.720. The van der Waals surface area contributed by atoms with Gasteiger partial charge in [0.1, 0.15) is 0 Å². The minimum absolute atomic E-state index is 0.807. The van der Waals surface area contributed by atoms with Gasteiger partial charge >= 0.3 is 0 Å². The Morgan fingerprint density at radius 3 is 1.48 bits per heavy atom. The van der Waals surface area contributed by atoms with Gasteiger partial charge < -0.3 is 0 Å². The van der Waals surface area contributed by atoms with E-state index >= 15 is 0 Å². The van der Waals surface area contributed by atoms with Crippen LogP contribution < -0.4 is 0 Å². The van der Waals surface area contributed by atoms with E-state index in [0.717, 1.165) is 17.8 Å². The Labute approximate surface area is 155 Å². The van der Waals surface area contributed by atoms with Crippen molar-refractivity contribution in [3.8, 4) is 0 Å². The Morgan fingerprint density at radius 2 is 0.960 bits per heavy atom. The van der Waals surface area contributed by atoms with Crippen LogP contribution in [0.4, 0.5) is 0 Å². The Balaban J connectivity index is 1.76. The maximum Gasteiger partial charge on any atom is -0.0156 e. The first kappa shape index (κ1) is 17.6. The van der Waals surface area contributed by atoms with Crippen LogP contribution in [-0.2, 0) is 0 Å². The van der Waals surface area contributed by atoms with Crippen molar-refractivity contribution in [3.63, 3.8) is 0 Å². The largest absolute Gasteiger partial charge is 0.0584 e. The molecule has 0 unspecified atom stereocenters. The van der Waals surface area contributed by atoms with Crippen LogP contribution in [0.25, 0.3) is 0 Å². The normalized spacial score (nSPS) is 24.5. The van der Waals surface area contributed by atoms with Crippen molar-refractivity contribution in [3.05, 3.63) is 41.3 Å². The molecule has 137 valence electrons. The first-order valence-electron chi connectivity index (χ1n) is 11.3. The Hall–Kier alpha value is -0.780. The van der Waals surface area contributed by atoms with E-state index in [2.05, 4.69) is 19.1 Å². The highest BCUT2D eigenvalue weighted by molar-refractivity contribution is 5.48. The summed E-state index contributed by atoms with van der Waals surface area (Å²) < 4.78 is 0. The van der Waals surface area contributed by atoms with E-state index < -0.39 is 0 Å². The second-order valence-electron chi connectivity index (χ2n) is 9.15. The predicted molar refractivity (Wildman–Crippen MR) is 108 cm³/mol. The van der Waals surface area contributed by atoms with Crippen LogP contribution in [0.2, 0.25) is 0 Å². The third kappa shape index (κ3) is 3.83. The lowest BCUT2D eigenvalue weighted by Crippen LogP contribution is -2.18. The molecule has 3 fully saturated rings. The van der Waals surface area contributed by atoms with E-state index in [4.69, 9.17) is 0 Å². The third-order valence-corrected chi connectivity index (χ3v) is 7.48. The van der Waals surface area contributed by atoms with Crippen molar-refractivity contribution in [2.24, 2.45) is 0 Å². The zero-order valence-corrected chi connectivity index (χ0v) is 16.2. The topological polar surface area (TPSA) is 0 Å². The van der Waals surface area contributed by atoms with Gasteiger partial charge in [-0.3, -0.25) is 0 Å². The van der Waals surface area contributed by atoms with E-state index in [1.165, 1.54) is 102 Å². The molecule has 0 heterocycles. The molecule has 0 aliphatic heterocycles. The number of benzene rings is 1. The number of hydrogen-bond donors (Lipinski definition) is 0. The van der Waals surface area contributed by atoms with Crippen LogP contribution in [-0.4, -0.2) is 0 Å². The summed E-state index contributed by atoms with van der Waals surface area (Å²) in [7, 11) is 0. The molecule has 0 amide bonds. The van der Waals surface area contributed by atoms with Crippen molar-refractivity contribution in [2.75, 3.05) is 0 Å². The zero-order valence-electron chi connectivity index (χ0n) is 16.2.